The lowest BCUT2D eigenvalue weighted by Gasteiger charge is -2.42. The number of amides is 1. The molecule has 0 spiro atoms. The summed E-state index contributed by atoms with van der Waals surface area (Å²) >= 11 is 0. The van der Waals surface area contributed by atoms with Crippen molar-refractivity contribution in [1.29, 1.82) is 0 Å². The van der Waals surface area contributed by atoms with Crippen LogP contribution in [0.25, 0.3) is 0 Å². The lowest BCUT2D eigenvalue weighted by molar-refractivity contribution is -0.138. The van der Waals surface area contributed by atoms with Crippen LogP contribution >= 0.6 is 12.4 Å². The SMILES string of the molecule is CCCC1(C)CCCN(C(=O)C(N)C2CCOCC2)C1.Cl. The van der Waals surface area contributed by atoms with Gasteiger partial charge in [0, 0.05) is 26.3 Å². The first kappa shape index (κ1) is 18.7. The molecule has 21 heavy (non-hydrogen) atoms. The molecule has 2 N–H and O–H groups in total. The minimum Gasteiger partial charge on any atom is -0.381 e. The maximum atomic E-state index is 12.6. The van der Waals surface area contributed by atoms with Crippen LogP contribution in [0.2, 0.25) is 0 Å². The summed E-state index contributed by atoms with van der Waals surface area (Å²) in [6.45, 7) is 7.81. The fourth-order valence-electron chi connectivity index (χ4n) is 3.80. The van der Waals surface area contributed by atoms with Gasteiger partial charge in [0.15, 0.2) is 0 Å². The van der Waals surface area contributed by atoms with Crippen LogP contribution in [0.3, 0.4) is 0 Å². The fraction of sp³-hybridized carbons (Fsp3) is 0.938. The molecule has 0 bridgehead atoms. The number of nitrogens with zero attached hydrogens (tertiary/aromatic N) is 1. The van der Waals surface area contributed by atoms with Crippen molar-refractivity contribution in [3.8, 4) is 0 Å². The second kappa shape index (κ2) is 8.35. The minimum absolute atomic E-state index is 0. The lowest BCUT2D eigenvalue weighted by Crippen LogP contribution is -2.53. The smallest absolute Gasteiger partial charge is 0.239 e. The summed E-state index contributed by atoms with van der Waals surface area (Å²) in [7, 11) is 0. The average molecular weight is 319 g/mol. The van der Waals surface area contributed by atoms with Crippen LogP contribution in [0.15, 0.2) is 0 Å². The van der Waals surface area contributed by atoms with E-state index >= 15 is 0 Å². The first-order valence-electron chi connectivity index (χ1n) is 8.18. The van der Waals surface area contributed by atoms with Crippen LogP contribution in [0.5, 0.6) is 0 Å². The van der Waals surface area contributed by atoms with Crippen molar-refractivity contribution in [3.63, 3.8) is 0 Å². The molecule has 0 aromatic carbocycles. The van der Waals surface area contributed by atoms with E-state index in [1.165, 1.54) is 19.3 Å². The molecule has 2 saturated heterocycles. The average Bonchev–Trinajstić information content (AvgIpc) is 2.46. The van der Waals surface area contributed by atoms with Gasteiger partial charge in [0.05, 0.1) is 6.04 Å². The number of carbonyl (C=O) groups is 1. The third-order valence-electron chi connectivity index (χ3n) is 5.01. The van der Waals surface area contributed by atoms with Gasteiger partial charge in [-0.2, -0.15) is 0 Å². The first-order valence-corrected chi connectivity index (χ1v) is 8.18. The minimum atomic E-state index is -0.331. The van der Waals surface area contributed by atoms with Gasteiger partial charge >= 0.3 is 0 Å². The Balaban J connectivity index is 0.00000220. The number of rotatable bonds is 4. The maximum Gasteiger partial charge on any atom is 0.239 e. The molecule has 2 rings (SSSR count). The summed E-state index contributed by atoms with van der Waals surface area (Å²) in [5.41, 5.74) is 6.53. The Hall–Kier alpha value is -0.320. The standard InChI is InChI=1S/C16H30N2O2.ClH/c1-3-7-16(2)8-4-9-18(12-16)15(19)14(17)13-5-10-20-11-6-13;/h13-14H,3-12,17H2,1-2H3;1H. The zero-order chi connectivity index (χ0) is 14.6. The van der Waals surface area contributed by atoms with E-state index in [0.29, 0.717) is 5.92 Å². The number of halogens is 1. The molecule has 2 aliphatic heterocycles. The predicted octanol–water partition coefficient (Wildman–Crippen LogP) is 2.59. The Labute approximate surface area is 135 Å². The summed E-state index contributed by atoms with van der Waals surface area (Å²) in [6.07, 6.45) is 6.58. The van der Waals surface area contributed by atoms with Crippen molar-refractivity contribution in [3.05, 3.63) is 0 Å². The lowest BCUT2D eigenvalue weighted by atomic mass is 9.78. The normalized spacial score (nSPS) is 28.8. The molecule has 4 nitrogen and oxygen atoms in total. The summed E-state index contributed by atoms with van der Waals surface area (Å²) in [5, 5.41) is 0. The number of hydrogen-bond donors (Lipinski definition) is 1. The molecule has 0 saturated carbocycles. The van der Waals surface area contributed by atoms with Gasteiger partial charge in [-0.15, -0.1) is 12.4 Å². The van der Waals surface area contributed by atoms with Crippen LogP contribution < -0.4 is 5.73 Å². The summed E-state index contributed by atoms with van der Waals surface area (Å²) in [6, 6.07) is -0.331. The van der Waals surface area contributed by atoms with Crippen LogP contribution in [-0.4, -0.2) is 43.2 Å². The highest BCUT2D eigenvalue weighted by Crippen LogP contribution is 2.34. The van der Waals surface area contributed by atoms with Crippen LogP contribution in [0.4, 0.5) is 0 Å². The van der Waals surface area contributed by atoms with E-state index in [2.05, 4.69) is 13.8 Å². The van der Waals surface area contributed by atoms with Gasteiger partial charge in [-0.3, -0.25) is 4.79 Å². The van der Waals surface area contributed by atoms with Gasteiger partial charge in [0.25, 0.3) is 0 Å². The quantitative estimate of drug-likeness (QED) is 0.867. The van der Waals surface area contributed by atoms with Crippen LogP contribution in [0.1, 0.15) is 52.4 Å². The van der Waals surface area contributed by atoms with Crippen molar-refractivity contribution < 1.29 is 9.53 Å². The zero-order valence-electron chi connectivity index (χ0n) is 13.5. The molecule has 2 fully saturated rings. The van der Waals surface area contributed by atoms with Crippen molar-refractivity contribution in [2.24, 2.45) is 17.1 Å². The highest BCUT2D eigenvalue weighted by molar-refractivity contribution is 5.85. The molecule has 0 radical (unpaired) electrons. The first-order chi connectivity index (χ1) is 9.56. The predicted molar refractivity (Wildman–Crippen MR) is 87.6 cm³/mol. The molecule has 2 aliphatic rings. The van der Waals surface area contributed by atoms with Crippen molar-refractivity contribution in [2.75, 3.05) is 26.3 Å². The molecule has 124 valence electrons. The highest BCUT2D eigenvalue weighted by Gasteiger charge is 2.36. The number of ether oxygens (including phenoxy) is 1. The molecule has 2 atom stereocenters. The number of piperidine rings is 1. The molecule has 0 aromatic rings. The number of nitrogens with two attached hydrogens (primary N) is 1. The second-order valence-corrected chi connectivity index (χ2v) is 6.90. The van der Waals surface area contributed by atoms with Crippen molar-refractivity contribution in [1.82, 2.24) is 4.90 Å². The number of carbonyl (C=O) groups excluding carboxylic acids is 1. The van der Waals surface area contributed by atoms with Gasteiger partial charge in [-0.1, -0.05) is 20.3 Å². The third-order valence-corrected chi connectivity index (χ3v) is 5.01. The third kappa shape index (κ3) is 4.83. The van der Waals surface area contributed by atoms with E-state index in [9.17, 15) is 4.79 Å². The van der Waals surface area contributed by atoms with Crippen molar-refractivity contribution in [2.45, 2.75) is 58.4 Å². The molecule has 2 heterocycles. The van der Waals surface area contributed by atoms with Gasteiger partial charge < -0.3 is 15.4 Å². The second-order valence-electron chi connectivity index (χ2n) is 6.90. The summed E-state index contributed by atoms with van der Waals surface area (Å²) in [5.74, 6) is 0.467. The van der Waals surface area contributed by atoms with E-state index in [-0.39, 0.29) is 29.8 Å². The molecule has 5 heteroatoms. The van der Waals surface area contributed by atoms with Gasteiger partial charge in [0.1, 0.15) is 0 Å². The topological polar surface area (TPSA) is 55.6 Å². The Kier molecular flexibility index (Phi) is 7.45. The molecular weight excluding hydrogens is 288 g/mol. The molecule has 1 amide bonds. The Morgan fingerprint density at radius 1 is 1.43 bits per heavy atom. The largest absolute Gasteiger partial charge is 0.381 e. The summed E-state index contributed by atoms with van der Waals surface area (Å²) in [4.78, 5) is 14.7. The number of hydrogen-bond acceptors (Lipinski definition) is 3. The van der Waals surface area contributed by atoms with E-state index in [1.54, 1.807) is 0 Å². The highest BCUT2D eigenvalue weighted by atomic mass is 35.5. The van der Waals surface area contributed by atoms with Crippen molar-refractivity contribution >= 4 is 18.3 Å². The van der Waals surface area contributed by atoms with Gasteiger partial charge in [-0.25, -0.2) is 0 Å². The van der Waals surface area contributed by atoms with E-state index in [1.807, 2.05) is 4.90 Å². The van der Waals surface area contributed by atoms with Gasteiger partial charge in [0.2, 0.25) is 5.91 Å². The van der Waals surface area contributed by atoms with Crippen LogP contribution in [-0.2, 0) is 9.53 Å². The van der Waals surface area contributed by atoms with Gasteiger partial charge in [-0.05, 0) is 43.4 Å². The molecule has 0 aliphatic carbocycles. The Morgan fingerprint density at radius 2 is 2.10 bits per heavy atom. The Bertz CT molecular complexity index is 330. The number of likely N-dealkylation sites (tertiary alicyclic amines) is 1. The fourth-order valence-corrected chi connectivity index (χ4v) is 3.80. The maximum absolute atomic E-state index is 12.6. The van der Waals surface area contributed by atoms with E-state index in [4.69, 9.17) is 10.5 Å². The Morgan fingerprint density at radius 3 is 2.71 bits per heavy atom. The van der Waals surface area contributed by atoms with Crippen LogP contribution in [0, 0.1) is 11.3 Å². The molecule has 2 unspecified atom stereocenters. The summed E-state index contributed by atoms with van der Waals surface area (Å²) < 4.78 is 5.36. The monoisotopic (exact) mass is 318 g/mol. The van der Waals surface area contributed by atoms with E-state index in [0.717, 1.165) is 45.6 Å². The molecule has 0 aromatic heterocycles. The van der Waals surface area contributed by atoms with E-state index < -0.39 is 0 Å². The zero-order valence-corrected chi connectivity index (χ0v) is 14.3. The molecular formula is C16H31ClN2O2.